The van der Waals surface area contributed by atoms with Crippen LogP contribution >= 0.6 is 0 Å². The second kappa shape index (κ2) is 9.36. The van der Waals surface area contributed by atoms with Crippen molar-refractivity contribution in [1.29, 1.82) is 0 Å². The zero-order valence-corrected chi connectivity index (χ0v) is 20.1. The summed E-state index contributed by atoms with van der Waals surface area (Å²) in [7, 11) is 0. The zero-order chi connectivity index (χ0) is 27.1. The Labute approximate surface area is 219 Å². The molecule has 9 heteroatoms. The summed E-state index contributed by atoms with van der Waals surface area (Å²) in [5.74, 6) is -1.46. The van der Waals surface area contributed by atoms with E-state index in [1.807, 2.05) is 36.4 Å². The summed E-state index contributed by atoms with van der Waals surface area (Å²) in [6.07, 6.45) is -3.08. The molecular weight excluding hydrogens is 509 g/mol. The highest BCUT2D eigenvalue weighted by Crippen LogP contribution is 2.34. The summed E-state index contributed by atoms with van der Waals surface area (Å²) in [5.41, 5.74) is 0.801. The molecule has 39 heavy (non-hydrogen) atoms. The lowest BCUT2D eigenvalue weighted by Crippen LogP contribution is -2.18. The Balaban J connectivity index is 1.31. The van der Waals surface area contributed by atoms with Crippen molar-refractivity contribution in [2.24, 2.45) is 0 Å². The lowest BCUT2D eigenvalue weighted by atomic mass is 10.0. The van der Waals surface area contributed by atoms with Gasteiger partial charge in [-0.05, 0) is 47.2 Å². The number of alkyl halides is 3. The maximum atomic E-state index is 13.2. The summed E-state index contributed by atoms with van der Waals surface area (Å²) in [6, 6.07) is 22.5. The van der Waals surface area contributed by atoms with Crippen molar-refractivity contribution in [3.8, 4) is 0 Å². The van der Waals surface area contributed by atoms with Gasteiger partial charge in [-0.3, -0.25) is 9.59 Å². The van der Waals surface area contributed by atoms with Crippen molar-refractivity contribution in [2.75, 3.05) is 10.6 Å². The van der Waals surface area contributed by atoms with E-state index in [2.05, 4.69) is 10.6 Å². The van der Waals surface area contributed by atoms with Crippen LogP contribution in [0.2, 0.25) is 0 Å². The third kappa shape index (κ3) is 4.59. The molecule has 2 heterocycles. The Morgan fingerprint density at radius 2 is 1.56 bits per heavy atom. The predicted octanol–water partition coefficient (Wildman–Crippen LogP) is 7.78. The van der Waals surface area contributed by atoms with Crippen molar-refractivity contribution in [1.82, 2.24) is 0 Å². The fraction of sp³-hybridized carbons (Fsp3) is 0.0667. The van der Waals surface area contributed by atoms with Crippen molar-refractivity contribution in [2.45, 2.75) is 12.6 Å². The van der Waals surface area contributed by atoms with Crippen LogP contribution in [0.1, 0.15) is 21.7 Å². The molecule has 0 aliphatic rings. The predicted molar refractivity (Wildman–Crippen MR) is 142 cm³/mol. The standard InChI is InChI=1S/C30H19F3N2O4/c31-30(32,33)19-7-5-8-20(15-19)34-29(37)28-27(22-10-3-4-11-23(22)39-28)35-25(36)14-18-16-38-24-13-12-17-6-1-2-9-21(17)26(18)24/h1-13,15-16H,14H2,(H,34,37)(H,35,36). The van der Waals surface area contributed by atoms with Crippen LogP contribution in [0.25, 0.3) is 32.7 Å². The number of hydrogen-bond acceptors (Lipinski definition) is 4. The zero-order valence-electron chi connectivity index (χ0n) is 20.1. The molecule has 2 N–H and O–H groups in total. The molecule has 6 rings (SSSR count). The first kappa shape index (κ1) is 24.3. The number of hydrogen-bond donors (Lipinski definition) is 2. The molecule has 0 aliphatic carbocycles. The van der Waals surface area contributed by atoms with E-state index in [0.29, 0.717) is 22.1 Å². The SMILES string of the molecule is O=C(Cc1coc2ccc3ccccc3c12)Nc1c(C(=O)Nc2cccc(C(F)(F)F)c2)oc2ccccc12. The van der Waals surface area contributed by atoms with Gasteiger partial charge >= 0.3 is 6.18 Å². The summed E-state index contributed by atoms with van der Waals surface area (Å²) < 4.78 is 50.8. The van der Waals surface area contributed by atoms with E-state index >= 15 is 0 Å². The van der Waals surface area contributed by atoms with Crippen LogP contribution in [0.3, 0.4) is 0 Å². The number of para-hydroxylation sites is 1. The van der Waals surface area contributed by atoms with Crippen molar-refractivity contribution < 1.29 is 31.6 Å². The molecule has 0 unspecified atom stereocenters. The van der Waals surface area contributed by atoms with Gasteiger partial charge < -0.3 is 19.5 Å². The molecule has 0 radical (unpaired) electrons. The topological polar surface area (TPSA) is 84.5 Å². The number of carbonyl (C=O) groups excluding carboxylic acids is 2. The second-order valence-corrected chi connectivity index (χ2v) is 8.98. The highest BCUT2D eigenvalue weighted by molar-refractivity contribution is 6.15. The average molecular weight is 528 g/mol. The summed E-state index contributed by atoms with van der Waals surface area (Å²) in [6.45, 7) is 0. The number of nitrogens with one attached hydrogen (secondary N) is 2. The van der Waals surface area contributed by atoms with Crippen molar-refractivity contribution in [3.05, 3.63) is 108 Å². The fourth-order valence-corrected chi connectivity index (χ4v) is 4.65. The molecule has 0 spiro atoms. The van der Waals surface area contributed by atoms with Gasteiger partial charge in [0.1, 0.15) is 16.9 Å². The van der Waals surface area contributed by atoms with E-state index in [-0.39, 0.29) is 23.6 Å². The van der Waals surface area contributed by atoms with Gasteiger partial charge in [-0.2, -0.15) is 13.2 Å². The van der Waals surface area contributed by atoms with E-state index in [0.717, 1.165) is 28.3 Å². The maximum absolute atomic E-state index is 13.2. The molecule has 2 aromatic heterocycles. The molecular formula is C30H19F3N2O4. The first-order valence-electron chi connectivity index (χ1n) is 12.0. The number of fused-ring (bicyclic) bond motifs is 4. The molecule has 0 atom stereocenters. The van der Waals surface area contributed by atoms with Crippen molar-refractivity contribution in [3.63, 3.8) is 0 Å². The largest absolute Gasteiger partial charge is 0.464 e. The van der Waals surface area contributed by atoms with Crippen LogP contribution < -0.4 is 10.6 Å². The normalized spacial score (nSPS) is 11.8. The van der Waals surface area contributed by atoms with E-state index in [1.165, 1.54) is 18.4 Å². The van der Waals surface area contributed by atoms with Gasteiger partial charge in [-0.15, -0.1) is 0 Å². The number of carbonyl (C=O) groups is 2. The Bertz CT molecular complexity index is 1880. The number of furan rings is 2. The molecule has 6 aromatic rings. The summed E-state index contributed by atoms with van der Waals surface area (Å²) in [5, 5.41) is 8.45. The Hall–Kier alpha value is -5.05. The van der Waals surface area contributed by atoms with E-state index < -0.39 is 23.6 Å². The number of anilines is 2. The van der Waals surface area contributed by atoms with Gasteiger partial charge in [-0.25, -0.2) is 0 Å². The highest BCUT2D eigenvalue weighted by atomic mass is 19.4. The minimum atomic E-state index is -4.57. The smallest absolute Gasteiger partial charge is 0.416 e. The van der Waals surface area contributed by atoms with Crippen LogP contribution in [-0.4, -0.2) is 11.8 Å². The number of benzene rings is 4. The van der Waals surface area contributed by atoms with Gasteiger partial charge in [0.15, 0.2) is 0 Å². The third-order valence-corrected chi connectivity index (χ3v) is 6.40. The van der Waals surface area contributed by atoms with Gasteiger partial charge in [-0.1, -0.05) is 48.5 Å². The molecule has 2 amide bonds. The minimum absolute atomic E-state index is 0.0464. The molecule has 0 saturated carbocycles. The molecule has 0 bridgehead atoms. The quantitative estimate of drug-likeness (QED) is 0.239. The molecule has 4 aromatic carbocycles. The molecule has 6 nitrogen and oxygen atoms in total. The van der Waals surface area contributed by atoms with Gasteiger partial charge in [0.25, 0.3) is 5.91 Å². The van der Waals surface area contributed by atoms with Crippen molar-refractivity contribution >= 4 is 55.9 Å². The number of rotatable bonds is 5. The lowest BCUT2D eigenvalue weighted by Gasteiger charge is -2.10. The van der Waals surface area contributed by atoms with E-state index in [1.54, 1.807) is 24.3 Å². The molecule has 0 aliphatic heterocycles. The summed E-state index contributed by atoms with van der Waals surface area (Å²) in [4.78, 5) is 26.4. The molecule has 0 fully saturated rings. The van der Waals surface area contributed by atoms with Crippen LogP contribution in [-0.2, 0) is 17.4 Å². The Kier molecular flexibility index (Phi) is 5.83. The fourth-order valence-electron chi connectivity index (χ4n) is 4.65. The Morgan fingerprint density at radius 3 is 2.38 bits per heavy atom. The lowest BCUT2D eigenvalue weighted by molar-refractivity contribution is -0.137. The number of amides is 2. The average Bonchev–Trinajstić information content (AvgIpc) is 3.50. The minimum Gasteiger partial charge on any atom is -0.464 e. The molecule has 194 valence electrons. The molecule has 0 saturated heterocycles. The second-order valence-electron chi connectivity index (χ2n) is 8.98. The Morgan fingerprint density at radius 1 is 0.795 bits per heavy atom. The van der Waals surface area contributed by atoms with Gasteiger partial charge in [0.2, 0.25) is 11.7 Å². The first-order valence-corrected chi connectivity index (χ1v) is 12.0. The van der Waals surface area contributed by atoms with Crippen LogP contribution in [0, 0.1) is 0 Å². The van der Waals surface area contributed by atoms with Crippen LogP contribution in [0.4, 0.5) is 24.5 Å². The highest BCUT2D eigenvalue weighted by Gasteiger charge is 2.31. The van der Waals surface area contributed by atoms with Crippen LogP contribution in [0.15, 0.2) is 100 Å². The first-order chi connectivity index (χ1) is 18.8. The van der Waals surface area contributed by atoms with Gasteiger partial charge in [0, 0.05) is 22.0 Å². The van der Waals surface area contributed by atoms with Crippen LogP contribution in [0.5, 0.6) is 0 Å². The van der Waals surface area contributed by atoms with Gasteiger partial charge in [0.05, 0.1) is 18.2 Å². The maximum Gasteiger partial charge on any atom is 0.416 e. The third-order valence-electron chi connectivity index (χ3n) is 6.40. The van der Waals surface area contributed by atoms with E-state index in [9.17, 15) is 22.8 Å². The van der Waals surface area contributed by atoms with E-state index in [4.69, 9.17) is 8.83 Å². The monoisotopic (exact) mass is 528 g/mol. The number of halogens is 3. The summed E-state index contributed by atoms with van der Waals surface area (Å²) >= 11 is 0.